The molecule has 1 saturated carbocycles. The van der Waals surface area contributed by atoms with Crippen LogP contribution in [0.15, 0.2) is 36.5 Å². The van der Waals surface area contributed by atoms with Gasteiger partial charge in [-0.15, -0.1) is 0 Å². The molecule has 4 rings (SSSR count). The lowest BCUT2D eigenvalue weighted by Crippen LogP contribution is -2.46. The van der Waals surface area contributed by atoms with E-state index in [1.54, 1.807) is 13.3 Å². The molecule has 2 heterocycles. The first-order valence-electron chi connectivity index (χ1n) is 8.08. The molecular weight excluding hydrogens is 292 g/mol. The Balaban J connectivity index is 1.66. The van der Waals surface area contributed by atoms with Crippen LogP contribution in [0, 0.1) is 0 Å². The maximum Gasteiger partial charge on any atom is 0.255 e. The Morgan fingerprint density at radius 1 is 1.35 bits per heavy atom. The van der Waals surface area contributed by atoms with Crippen LogP contribution in [0.5, 0.6) is 0 Å². The number of carbonyl (C=O) groups is 1. The van der Waals surface area contributed by atoms with Crippen molar-refractivity contribution in [2.75, 3.05) is 20.3 Å². The maximum absolute atomic E-state index is 13.0. The molecule has 1 aromatic carbocycles. The molecule has 5 heteroatoms. The van der Waals surface area contributed by atoms with Crippen LogP contribution in [0.4, 0.5) is 0 Å². The molecule has 2 aliphatic rings. The van der Waals surface area contributed by atoms with Crippen LogP contribution in [-0.2, 0) is 9.47 Å². The molecule has 120 valence electrons. The van der Waals surface area contributed by atoms with Gasteiger partial charge < -0.3 is 14.4 Å². The molecule has 1 saturated heterocycles. The van der Waals surface area contributed by atoms with E-state index in [4.69, 9.17) is 9.47 Å². The summed E-state index contributed by atoms with van der Waals surface area (Å²) in [5.74, 6) is 0.0152. The van der Waals surface area contributed by atoms with Crippen molar-refractivity contribution in [2.24, 2.45) is 0 Å². The molecule has 0 N–H and O–H groups in total. The number of pyridine rings is 1. The molecule has 0 spiro atoms. The molecule has 2 aromatic rings. The molecule has 0 radical (unpaired) electrons. The molecule has 5 nitrogen and oxygen atoms in total. The zero-order chi connectivity index (χ0) is 15.8. The molecular formula is C18H20N2O3. The largest absolute Gasteiger partial charge is 0.377 e. The number of benzene rings is 1. The van der Waals surface area contributed by atoms with E-state index in [-0.39, 0.29) is 24.2 Å². The van der Waals surface area contributed by atoms with E-state index in [1.165, 1.54) is 0 Å². The Morgan fingerprint density at radius 2 is 2.22 bits per heavy atom. The van der Waals surface area contributed by atoms with E-state index < -0.39 is 0 Å². The summed E-state index contributed by atoms with van der Waals surface area (Å²) in [6.07, 6.45) is 3.62. The van der Waals surface area contributed by atoms with Gasteiger partial charge in [-0.1, -0.05) is 18.2 Å². The Bertz CT molecular complexity index is 733. The molecule has 1 aliphatic carbocycles. The van der Waals surface area contributed by atoms with Crippen LogP contribution in [0.3, 0.4) is 0 Å². The fraction of sp³-hybridized carbons (Fsp3) is 0.444. The minimum Gasteiger partial charge on any atom is -0.377 e. The molecule has 23 heavy (non-hydrogen) atoms. The highest BCUT2D eigenvalue weighted by molar-refractivity contribution is 5.97. The van der Waals surface area contributed by atoms with Gasteiger partial charge in [-0.05, 0) is 25.0 Å². The number of amides is 1. The summed E-state index contributed by atoms with van der Waals surface area (Å²) >= 11 is 0. The van der Waals surface area contributed by atoms with Gasteiger partial charge in [-0.3, -0.25) is 9.78 Å². The van der Waals surface area contributed by atoms with Crippen LogP contribution >= 0.6 is 0 Å². The Labute approximate surface area is 135 Å². The number of carbonyl (C=O) groups excluding carboxylic acids is 1. The van der Waals surface area contributed by atoms with Gasteiger partial charge in [0.25, 0.3) is 5.91 Å². The molecule has 2 fully saturated rings. The van der Waals surface area contributed by atoms with Crippen LogP contribution in [-0.4, -0.2) is 54.3 Å². The lowest BCUT2D eigenvalue weighted by molar-refractivity contribution is -0.0316. The minimum absolute atomic E-state index is 0.0152. The third-order valence-corrected chi connectivity index (χ3v) is 4.93. The molecule has 1 aliphatic heterocycles. The number of hydrogen-bond acceptors (Lipinski definition) is 4. The van der Waals surface area contributed by atoms with Crippen molar-refractivity contribution in [3.63, 3.8) is 0 Å². The first-order valence-corrected chi connectivity index (χ1v) is 8.08. The van der Waals surface area contributed by atoms with Crippen LogP contribution in [0.25, 0.3) is 10.9 Å². The number of fused-ring (bicyclic) bond motifs is 3. The number of rotatable bonds is 2. The highest BCUT2D eigenvalue weighted by atomic mass is 16.5. The molecule has 3 unspecified atom stereocenters. The van der Waals surface area contributed by atoms with Gasteiger partial charge in [0.05, 0.1) is 29.8 Å². The van der Waals surface area contributed by atoms with Crippen molar-refractivity contribution >= 4 is 16.8 Å². The van der Waals surface area contributed by atoms with Gasteiger partial charge in [0.1, 0.15) is 6.10 Å². The lowest BCUT2D eigenvalue weighted by Gasteiger charge is -2.30. The highest BCUT2D eigenvalue weighted by Gasteiger charge is 2.44. The number of ether oxygens (including phenoxy) is 2. The van der Waals surface area contributed by atoms with Gasteiger partial charge >= 0.3 is 0 Å². The number of nitrogens with zero attached hydrogens (tertiary/aromatic N) is 2. The predicted molar refractivity (Wildman–Crippen MR) is 86.3 cm³/mol. The van der Waals surface area contributed by atoms with Crippen LogP contribution < -0.4 is 0 Å². The van der Waals surface area contributed by atoms with Crippen LogP contribution in [0.2, 0.25) is 0 Å². The van der Waals surface area contributed by atoms with Gasteiger partial charge in [0, 0.05) is 25.2 Å². The highest BCUT2D eigenvalue weighted by Crippen LogP contribution is 2.32. The predicted octanol–water partition coefficient (Wildman–Crippen LogP) is 2.25. The van der Waals surface area contributed by atoms with E-state index in [1.807, 2.05) is 35.2 Å². The van der Waals surface area contributed by atoms with Crippen molar-refractivity contribution in [1.82, 2.24) is 9.88 Å². The van der Waals surface area contributed by atoms with Crippen molar-refractivity contribution in [3.8, 4) is 0 Å². The van der Waals surface area contributed by atoms with Gasteiger partial charge in [-0.2, -0.15) is 0 Å². The second kappa shape index (κ2) is 5.91. The topological polar surface area (TPSA) is 51.7 Å². The summed E-state index contributed by atoms with van der Waals surface area (Å²) in [6, 6.07) is 9.85. The van der Waals surface area contributed by atoms with Crippen molar-refractivity contribution < 1.29 is 14.3 Å². The van der Waals surface area contributed by atoms with Crippen molar-refractivity contribution in [1.29, 1.82) is 0 Å². The van der Waals surface area contributed by atoms with E-state index in [9.17, 15) is 4.79 Å². The smallest absolute Gasteiger partial charge is 0.255 e. The van der Waals surface area contributed by atoms with E-state index in [0.29, 0.717) is 18.7 Å². The standard InChI is InChI=1S/C18H20N2O3/c1-22-17-15-6-7-16(17)23-9-8-20(15)18(21)13-10-12-4-2-3-5-14(12)19-11-13/h2-5,10-11,15-17H,6-9H2,1H3. The summed E-state index contributed by atoms with van der Waals surface area (Å²) in [5, 5.41) is 0.983. The molecule has 1 amide bonds. The quantitative estimate of drug-likeness (QED) is 0.853. The SMILES string of the molecule is COC1C2CCC1N(C(=O)c1cnc3ccccc3c1)CCO2. The molecule has 1 aromatic heterocycles. The second-order valence-corrected chi connectivity index (χ2v) is 6.17. The third kappa shape index (κ3) is 2.50. The third-order valence-electron chi connectivity index (χ3n) is 4.93. The Kier molecular flexibility index (Phi) is 3.75. The molecule has 3 atom stereocenters. The second-order valence-electron chi connectivity index (χ2n) is 6.17. The van der Waals surface area contributed by atoms with Crippen LogP contribution in [0.1, 0.15) is 23.2 Å². The summed E-state index contributed by atoms with van der Waals surface area (Å²) in [4.78, 5) is 19.3. The zero-order valence-corrected chi connectivity index (χ0v) is 13.1. The normalized spacial score (nSPS) is 27.2. The van der Waals surface area contributed by atoms with Gasteiger partial charge in [0.2, 0.25) is 0 Å². The lowest BCUT2D eigenvalue weighted by atomic mass is 10.1. The average Bonchev–Trinajstić information content (AvgIpc) is 2.89. The number of hydrogen-bond donors (Lipinski definition) is 0. The van der Waals surface area contributed by atoms with E-state index in [2.05, 4.69) is 4.98 Å². The fourth-order valence-corrected chi connectivity index (χ4v) is 3.81. The number of methoxy groups -OCH3 is 1. The summed E-state index contributed by atoms with van der Waals surface area (Å²) in [6.45, 7) is 1.17. The van der Waals surface area contributed by atoms with Gasteiger partial charge in [0.15, 0.2) is 0 Å². The minimum atomic E-state index is -0.0325. The summed E-state index contributed by atoms with van der Waals surface area (Å²) in [5.41, 5.74) is 1.53. The van der Waals surface area contributed by atoms with Crippen molar-refractivity contribution in [3.05, 3.63) is 42.1 Å². The van der Waals surface area contributed by atoms with Gasteiger partial charge in [-0.25, -0.2) is 0 Å². The van der Waals surface area contributed by atoms with Crippen molar-refractivity contribution in [2.45, 2.75) is 31.1 Å². The first kappa shape index (κ1) is 14.6. The van der Waals surface area contributed by atoms with E-state index in [0.717, 1.165) is 23.7 Å². The Hall–Kier alpha value is -1.98. The fourth-order valence-electron chi connectivity index (χ4n) is 3.81. The maximum atomic E-state index is 13.0. The molecule has 2 bridgehead atoms. The first-order chi connectivity index (χ1) is 11.3. The summed E-state index contributed by atoms with van der Waals surface area (Å²) in [7, 11) is 1.70. The van der Waals surface area contributed by atoms with E-state index >= 15 is 0 Å². The Morgan fingerprint density at radius 3 is 3.09 bits per heavy atom. The zero-order valence-electron chi connectivity index (χ0n) is 13.1. The summed E-state index contributed by atoms with van der Waals surface area (Å²) < 4.78 is 11.5. The average molecular weight is 312 g/mol. The number of aromatic nitrogens is 1. The number of para-hydroxylation sites is 1. The monoisotopic (exact) mass is 312 g/mol.